The summed E-state index contributed by atoms with van der Waals surface area (Å²) in [7, 11) is 5.43. The highest BCUT2D eigenvalue weighted by Crippen LogP contribution is 2.36. The molecule has 0 spiro atoms. The molecule has 1 aliphatic rings. The molecule has 0 radical (unpaired) electrons. The van der Waals surface area contributed by atoms with Gasteiger partial charge < -0.3 is 19.5 Å². The lowest BCUT2D eigenvalue weighted by atomic mass is 9.94. The summed E-state index contributed by atoms with van der Waals surface area (Å²) in [6, 6.07) is 6.17. The zero-order valence-electron chi connectivity index (χ0n) is 13.5. The molecule has 0 aliphatic heterocycles. The van der Waals surface area contributed by atoms with E-state index >= 15 is 0 Å². The Morgan fingerprint density at radius 1 is 1.14 bits per heavy atom. The van der Waals surface area contributed by atoms with Crippen molar-refractivity contribution in [2.24, 2.45) is 0 Å². The summed E-state index contributed by atoms with van der Waals surface area (Å²) in [6.07, 6.45) is 4.88. The van der Waals surface area contributed by atoms with Crippen molar-refractivity contribution in [2.75, 3.05) is 21.3 Å². The van der Waals surface area contributed by atoms with Gasteiger partial charge in [-0.2, -0.15) is 0 Å². The van der Waals surface area contributed by atoms with Gasteiger partial charge in [0, 0.05) is 19.6 Å². The summed E-state index contributed by atoms with van der Waals surface area (Å²) in [5, 5.41) is 3.27. The van der Waals surface area contributed by atoms with E-state index in [1.165, 1.54) is 0 Å². The number of ether oxygens (including phenoxy) is 3. The molecule has 3 atom stereocenters. The van der Waals surface area contributed by atoms with Crippen molar-refractivity contribution in [2.45, 2.75) is 50.9 Å². The van der Waals surface area contributed by atoms with Crippen molar-refractivity contribution in [1.29, 1.82) is 0 Å². The average Bonchev–Trinajstić information content (AvgIpc) is 2.54. The van der Waals surface area contributed by atoms with Crippen LogP contribution in [-0.4, -0.2) is 33.5 Å². The highest BCUT2D eigenvalue weighted by molar-refractivity contribution is 5.46. The van der Waals surface area contributed by atoms with Gasteiger partial charge >= 0.3 is 0 Å². The maximum atomic E-state index is 6.28. The molecule has 0 bridgehead atoms. The lowest BCUT2D eigenvalue weighted by Crippen LogP contribution is -2.30. The van der Waals surface area contributed by atoms with E-state index in [-0.39, 0.29) is 12.1 Å². The van der Waals surface area contributed by atoms with Crippen LogP contribution in [0.1, 0.15) is 44.2 Å². The summed E-state index contributed by atoms with van der Waals surface area (Å²) < 4.78 is 17.3. The predicted octanol–water partition coefficient (Wildman–Crippen LogP) is 3.31. The molecule has 0 heterocycles. The number of benzene rings is 1. The Kier molecular flexibility index (Phi) is 5.88. The predicted molar refractivity (Wildman–Crippen MR) is 84.1 cm³/mol. The Morgan fingerprint density at radius 3 is 2.52 bits per heavy atom. The second-order valence-corrected chi connectivity index (χ2v) is 5.65. The summed E-state index contributed by atoms with van der Waals surface area (Å²) in [5.74, 6) is 1.78. The van der Waals surface area contributed by atoms with Crippen LogP contribution in [-0.2, 0) is 4.74 Å². The van der Waals surface area contributed by atoms with E-state index in [0.717, 1.165) is 42.7 Å². The number of rotatable bonds is 6. The fourth-order valence-corrected chi connectivity index (χ4v) is 2.98. The number of hydrogen-bond acceptors (Lipinski definition) is 4. The minimum absolute atomic E-state index is 0.179. The normalized spacial score (nSPS) is 23.6. The molecule has 21 heavy (non-hydrogen) atoms. The van der Waals surface area contributed by atoms with Crippen LogP contribution < -0.4 is 14.8 Å². The fraction of sp³-hybridized carbons (Fsp3) is 0.647. The van der Waals surface area contributed by atoms with Crippen LogP contribution in [0.2, 0.25) is 0 Å². The molecule has 1 saturated carbocycles. The highest BCUT2D eigenvalue weighted by atomic mass is 16.5. The van der Waals surface area contributed by atoms with E-state index in [2.05, 4.69) is 12.2 Å². The van der Waals surface area contributed by atoms with Crippen LogP contribution in [0.3, 0.4) is 0 Å². The van der Waals surface area contributed by atoms with Crippen LogP contribution in [0.25, 0.3) is 0 Å². The topological polar surface area (TPSA) is 39.7 Å². The molecule has 1 aromatic carbocycles. The molecule has 1 fully saturated rings. The van der Waals surface area contributed by atoms with Crippen LogP contribution in [0, 0.1) is 0 Å². The lowest BCUT2D eigenvalue weighted by Gasteiger charge is -2.30. The summed E-state index contributed by atoms with van der Waals surface area (Å²) in [6.45, 7) is 2.11. The minimum atomic E-state index is 0.179. The van der Waals surface area contributed by atoms with Gasteiger partial charge in [-0.3, -0.25) is 0 Å². The Labute approximate surface area is 127 Å². The Hall–Kier alpha value is -1.26. The van der Waals surface area contributed by atoms with E-state index in [1.54, 1.807) is 14.2 Å². The van der Waals surface area contributed by atoms with E-state index < -0.39 is 0 Å². The van der Waals surface area contributed by atoms with Gasteiger partial charge in [0.05, 0.1) is 18.8 Å². The molecule has 0 amide bonds. The lowest BCUT2D eigenvalue weighted by molar-refractivity contribution is 0.0205. The number of methoxy groups -OCH3 is 2. The van der Waals surface area contributed by atoms with Crippen LogP contribution in [0.4, 0.5) is 0 Å². The van der Waals surface area contributed by atoms with E-state index in [4.69, 9.17) is 14.2 Å². The molecule has 3 unspecified atom stereocenters. The van der Waals surface area contributed by atoms with E-state index in [0.29, 0.717) is 6.10 Å². The van der Waals surface area contributed by atoms with Crippen molar-refractivity contribution in [1.82, 2.24) is 5.32 Å². The minimum Gasteiger partial charge on any atom is -0.496 e. The van der Waals surface area contributed by atoms with Crippen LogP contribution in [0.5, 0.6) is 11.5 Å². The molecule has 1 aliphatic carbocycles. The molecule has 4 nitrogen and oxygen atoms in total. The van der Waals surface area contributed by atoms with Crippen LogP contribution >= 0.6 is 0 Å². The van der Waals surface area contributed by atoms with Gasteiger partial charge in [0.2, 0.25) is 0 Å². The summed E-state index contributed by atoms with van der Waals surface area (Å²) in [5.41, 5.74) is 1.09. The molecule has 0 aromatic heterocycles. The smallest absolute Gasteiger partial charge is 0.128 e. The van der Waals surface area contributed by atoms with Gasteiger partial charge in [-0.05, 0) is 45.4 Å². The average molecular weight is 293 g/mol. The highest BCUT2D eigenvalue weighted by Gasteiger charge is 2.25. The quantitative estimate of drug-likeness (QED) is 0.873. The van der Waals surface area contributed by atoms with Gasteiger partial charge in [-0.25, -0.2) is 0 Å². The molecule has 118 valence electrons. The fourth-order valence-electron chi connectivity index (χ4n) is 2.98. The first kappa shape index (κ1) is 16.1. The van der Waals surface area contributed by atoms with Gasteiger partial charge in [-0.1, -0.05) is 6.07 Å². The second-order valence-electron chi connectivity index (χ2n) is 5.65. The molecule has 2 rings (SSSR count). The number of hydrogen-bond donors (Lipinski definition) is 1. The maximum Gasteiger partial charge on any atom is 0.128 e. The third-order valence-electron chi connectivity index (χ3n) is 4.32. The van der Waals surface area contributed by atoms with Crippen molar-refractivity contribution in [3.05, 3.63) is 23.8 Å². The standard InChI is InChI=1S/C17H27NO3/c1-12(18-2)17-15(20-4)9-6-10-16(17)21-14-8-5-7-13(11-14)19-3/h6,9-10,12-14,18H,5,7-8,11H2,1-4H3. The first-order chi connectivity index (χ1) is 10.2. The van der Waals surface area contributed by atoms with Gasteiger partial charge in [0.25, 0.3) is 0 Å². The molecule has 1 aromatic rings. The Bertz CT molecular complexity index is 450. The first-order valence-electron chi connectivity index (χ1n) is 7.73. The van der Waals surface area contributed by atoms with Gasteiger partial charge in [0.1, 0.15) is 17.6 Å². The van der Waals surface area contributed by atoms with E-state index in [1.807, 2.05) is 25.2 Å². The Morgan fingerprint density at radius 2 is 1.86 bits per heavy atom. The SMILES string of the molecule is CNC(C)c1c(OC)cccc1OC1CCCC(OC)C1. The zero-order chi connectivity index (χ0) is 15.2. The monoisotopic (exact) mass is 293 g/mol. The van der Waals surface area contributed by atoms with Crippen LogP contribution in [0.15, 0.2) is 18.2 Å². The second kappa shape index (κ2) is 7.66. The maximum absolute atomic E-state index is 6.28. The molecular formula is C17H27NO3. The summed E-state index contributed by atoms with van der Waals surface area (Å²) in [4.78, 5) is 0. The van der Waals surface area contributed by atoms with Crippen molar-refractivity contribution < 1.29 is 14.2 Å². The van der Waals surface area contributed by atoms with Gasteiger partial charge in [0.15, 0.2) is 0 Å². The van der Waals surface area contributed by atoms with E-state index in [9.17, 15) is 0 Å². The number of nitrogens with one attached hydrogen (secondary N) is 1. The molecule has 0 saturated heterocycles. The third kappa shape index (κ3) is 3.89. The zero-order valence-corrected chi connectivity index (χ0v) is 13.5. The molecule has 1 N–H and O–H groups in total. The summed E-state index contributed by atoms with van der Waals surface area (Å²) >= 11 is 0. The largest absolute Gasteiger partial charge is 0.496 e. The first-order valence-corrected chi connectivity index (χ1v) is 7.73. The van der Waals surface area contributed by atoms with Crippen molar-refractivity contribution in [3.63, 3.8) is 0 Å². The third-order valence-corrected chi connectivity index (χ3v) is 4.32. The van der Waals surface area contributed by atoms with Crippen molar-refractivity contribution >= 4 is 0 Å². The Balaban J connectivity index is 2.19. The molecule has 4 heteroatoms. The van der Waals surface area contributed by atoms with Gasteiger partial charge in [-0.15, -0.1) is 0 Å². The molecular weight excluding hydrogens is 266 g/mol. The van der Waals surface area contributed by atoms with Crippen molar-refractivity contribution in [3.8, 4) is 11.5 Å².